The van der Waals surface area contributed by atoms with E-state index >= 15 is 0 Å². The van der Waals surface area contributed by atoms with Crippen LogP contribution >= 0.6 is 15.9 Å². The van der Waals surface area contributed by atoms with Gasteiger partial charge in [0.15, 0.2) is 0 Å². The molecule has 1 aromatic rings. The van der Waals surface area contributed by atoms with Gasteiger partial charge in [0.2, 0.25) is 0 Å². The zero-order valence-electron chi connectivity index (χ0n) is 8.97. The molecular weight excluding hydrogens is 292 g/mol. The lowest BCUT2D eigenvalue weighted by atomic mass is 10.2. The van der Waals surface area contributed by atoms with Crippen LogP contribution in [0.5, 0.6) is 0 Å². The van der Waals surface area contributed by atoms with Crippen LogP contribution in [0.4, 0.5) is 5.69 Å². The van der Waals surface area contributed by atoms with Crippen LogP contribution in [0.25, 0.3) is 0 Å². The Morgan fingerprint density at radius 1 is 1.65 bits per heavy atom. The van der Waals surface area contributed by atoms with E-state index in [9.17, 15) is 14.9 Å². The highest BCUT2D eigenvalue weighted by Crippen LogP contribution is 2.17. The first-order chi connectivity index (χ1) is 8.08. The van der Waals surface area contributed by atoms with E-state index in [0.29, 0.717) is 17.6 Å². The Morgan fingerprint density at radius 2 is 2.41 bits per heavy atom. The zero-order chi connectivity index (χ0) is 12.4. The molecule has 0 bridgehead atoms. The third-order valence-corrected chi connectivity index (χ3v) is 3.09. The van der Waals surface area contributed by atoms with Gasteiger partial charge in [-0.25, -0.2) is 0 Å². The van der Waals surface area contributed by atoms with Crippen LogP contribution in [0.2, 0.25) is 0 Å². The van der Waals surface area contributed by atoms with Gasteiger partial charge in [0.05, 0.1) is 17.6 Å². The molecule has 92 valence electrons. The monoisotopic (exact) mass is 302 g/mol. The molecule has 0 spiro atoms. The fourth-order valence-corrected chi connectivity index (χ4v) is 2.32. The van der Waals surface area contributed by atoms with Crippen molar-refractivity contribution in [2.75, 3.05) is 6.61 Å². The quantitative estimate of drug-likeness (QED) is 0.629. The number of hydrogen-bond donors (Lipinski definition) is 0. The molecule has 1 aliphatic heterocycles. The molecule has 1 atom stereocenters. The van der Waals surface area contributed by atoms with Crippen molar-refractivity contribution in [3.63, 3.8) is 0 Å². The summed E-state index contributed by atoms with van der Waals surface area (Å²) in [6, 6.07) is 1.22. The van der Waals surface area contributed by atoms with Crippen LogP contribution in [-0.2, 0) is 11.3 Å². The maximum atomic E-state index is 11.8. The minimum absolute atomic E-state index is 0.0263. The number of nitro groups is 1. The highest BCUT2D eigenvalue weighted by molar-refractivity contribution is 9.10. The van der Waals surface area contributed by atoms with E-state index in [2.05, 4.69) is 15.9 Å². The van der Waals surface area contributed by atoms with Crippen molar-refractivity contribution in [2.24, 2.45) is 0 Å². The average Bonchev–Trinajstić information content (AvgIpc) is 2.75. The van der Waals surface area contributed by atoms with Gasteiger partial charge in [-0.2, -0.15) is 0 Å². The van der Waals surface area contributed by atoms with Crippen LogP contribution < -0.4 is 5.56 Å². The fourth-order valence-electron chi connectivity index (χ4n) is 1.86. The van der Waals surface area contributed by atoms with Gasteiger partial charge in [0.25, 0.3) is 0 Å². The molecule has 1 fully saturated rings. The molecule has 1 aromatic heterocycles. The van der Waals surface area contributed by atoms with E-state index in [-0.39, 0.29) is 6.10 Å². The topological polar surface area (TPSA) is 74.4 Å². The first kappa shape index (κ1) is 12.3. The van der Waals surface area contributed by atoms with Crippen LogP contribution in [-0.4, -0.2) is 22.2 Å². The summed E-state index contributed by atoms with van der Waals surface area (Å²) in [6.07, 6.45) is 3.38. The van der Waals surface area contributed by atoms with E-state index in [4.69, 9.17) is 4.74 Å². The molecule has 0 aromatic carbocycles. The van der Waals surface area contributed by atoms with E-state index in [1.54, 1.807) is 6.20 Å². The zero-order valence-corrected chi connectivity index (χ0v) is 10.6. The predicted octanol–water partition coefficient (Wildman–Crippen LogP) is 1.70. The van der Waals surface area contributed by atoms with Crippen molar-refractivity contribution in [1.82, 2.24) is 4.57 Å². The molecule has 1 aliphatic rings. The van der Waals surface area contributed by atoms with Crippen LogP contribution in [0.15, 0.2) is 21.5 Å². The molecule has 0 saturated carbocycles. The number of hydrogen-bond acceptors (Lipinski definition) is 4. The Kier molecular flexibility index (Phi) is 3.58. The molecule has 0 amide bonds. The summed E-state index contributed by atoms with van der Waals surface area (Å²) >= 11 is 3.16. The number of ether oxygens (including phenoxy) is 1. The van der Waals surface area contributed by atoms with Gasteiger partial charge in [-0.15, -0.1) is 0 Å². The van der Waals surface area contributed by atoms with Crippen molar-refractivity contribution in [2.45, 2.75) is 25.5 Å². The minimum atomic E-state index is -0.668. The van der Waals surface area contributed by atoms with Crippen molar-refractivity contribution < 1.29 is 9.66 Å². The summed E-state index contributed by atoms with van der Waals surface area (Å²) in [5.41, 5.74) is -1.01. The van der Waals surface area contributed by atoms with Crippen molar-refractivity contribution in [3.05, 3.63) is 37.2 Å². The van der Waals surface area contributed by atoms with Crippen molar-refractivity contribution in [3.8, 4) is 0 Å². The molecule has 1 saturated heterocycles. The summed E-state index contributed by atoms with van der Waals surface area (Å²) in [5, 5.41) is 10.7. The molecule has 0 aliphatic carbocycles. The molecule has 0 radical (unpaired) electrons. The Bertz CT molecular complexity index is 494. The van der Waals surface area contributed by atoms with E-state index < -0.39 is 16.2 Å². The highest BCUT2D eigenvalue weighted by atomic mass is 79.9. The summed E-state index contributed by atoms with van der Waals surface area (Å²) in [6.45, 7) is 1.05. The Hall–Kier alpha value is -1.21. The first-order valence-corrected chi connectivity index (χ1v) is 6.03. The number of pyridine rings is 1. The van der Waals surface area contributed by atoms with Crippen LogP contribution in [0.3, 0.4) is 0 Å². The summed E-state index contributed by atoms with van der Waals surface area (Å²) in [4.78, 5) is 21.8. The number of nitrogens with zero attached hydrogens (tertiary/aromatic N) is 2. The third kappa shape index (κ3) is 2.73. The maximum absolute atomic E-state index is 11.8. The van der Waals surface area contributed by atoms with Gasteiger partial charge in [-0.05, 0) is 28.8 Å². The smallest absolute Gasteiger partial charge is 0.335 e. The standard InChI is InChI=1S/C10H11BrN2O4/c11-7-4-9(13(15)16)10(14)12(5-7)6-8-2-1-3-17-8/h4-5,8H,1-3,6H2. The van der Waals surface area contributed by atoms with Crippen molar-refractivity contribution >= 4 is 21.6 Å². The second-order valence-corrected chi connectivity index (χ2v) is 4.81. The second kappa shape index (κ2) is 4.97. The van der Waals surface area contributed by atoms with Gasteiger partial charge < -0.3 is 9.30 Å². The Balaban J connectivity index is 2.32. The lowest BCUT2D eigenvalue weighted by Gasteiger charge is -2.11. The Morgan fingerprint density at radius 3 is 3.00 bits per heavy atom. The summed E-state index contributed by atoms with van der Waals surface area (Å²) < 4.78 is 7.25. The van der Waals surface area contributed by atoms with Crippen molar-refractivity contribution in [1.29, 1.82) is 0 Å². The largest absolute Gasteiger partial charge is 0.376 e. The second-order valence-electron chi connectivity index (χ2n) is 3.89. The van der Waals surface area contributed by atoms with E-state index in [0.717, 1.165) is 12.8 Å². The third-order valence-electron chi connectivity index (χ3n) is 2.65. The number of halogens is 1. The molecule has 17 heavy (non-hydrogen) atoms. The van der Waals surface area contributed by atoms with E-state index in [1.807, 2.05) is 0 Å². The summed E-state index contributed by atoms with van der Waals surface area (Å²) in [5.74, 6) is 0. The van der Waals surface area contributed by atoms with Gasteiger partial charge in [-0.3, -0.25) is 14.9 Å². The molecule has 6 nitrogen and oxygen atoms in total. The fraction of sp³-hybridized carbons (Fsp3) is 0.500. The average molecular weight is 303 g/mol. The predicted molar refractivity (Wildman–Crippen MR) is 64.0 cm³/mol. The molecule has 0 N–H and O–H groups in total. The van der Waals surface area contributed by atoms with Crippen LogP contribution in [0, 0.1) is 10.1 Å². The normalized spacial score (nSPS) is 19.5. The maximum Gasteiger partial charge on any atom is 0.335 e. The van der Waals surface area contributed by atoms with Gasteiger partial charge in [-0.1, -0.05) is 0 Å². The van der Waals surface area contributed by atoms with Gasteiger partial charge in [0.1, 0.15) is 0 Å². The van der Waals surface area contributed by atoms with E-state index in [1.165, 1.54) is 10.6 Å². The highest BCUT2D eigenvalue weighted by Gasteiger charge is 2.20. The molecule has 7 heteroatoms. The number of rotatable bonds is 3. The molecular formula is C10H11BrN2O4. The molecule has 2 heterocycles. The molecule has 2 rings (SSSR count). The van der Waals surface area contributed by atoms with Crippen LogP contribution in [0.1, 0.15) is 12.8 Å². The first-order valence-electron chi connectivity index (χ1n) is 5.24. The van der Waals surface area contributed by atoms with Gasteiger partial charge in [0, 0.05) is 23.3 Å². The lowest BCUT2D eigenvalue weighted by molar-refractivity contribution is -0.386. The minimum Gasteiger partial charge on any atom is -0.376 e. The molecule has 1 unspecified atom stereocenters. The lowest BCUT2D eigenvalue weighted by Crippen LogP contribution is -2.27. The summed E-state index contributed by atoms with van der Waals surface area (Å²) in [7, 11) is 0. The Labute approximate surface area is 105 Å². The number of aromatic nitrogens is 1. The van der Waals surface area contributed by atoms with Gasteiger partial charge >= 0.3 is 11.2 Å². The SMILES string of the molecule is O=c1c([N+](=O)[O-])cc(Br)cn1CC1CCCO1.